The molecule has 6 nitrogen and oxygen atoms in total. The van der Waals surface area contributed by atoms with Crippen LogP contribution in [0, 0.1) is 5.92 Å². The number of ether oxygens (including phenoxy) is 3. The second-order valence-electron chi connectivity index (χ2n) is 7.19. The molecule has 0 atom stereocenters. The molecule has 0 spiro atoms. The molecule has 6 heteroatoms. The quantitative estimate of drug-likeness (QED) is 0.730. The Labute approximate surface area is 172 Å². The van der Waals surface area contributed by atoms with Crippen molar-refractivity contribution in [2.24, 2.45) is 5.92 Å². The molecule has 1 aliphatic heterocycles. The number of benzene rings is 2. The Bertz CT molecular complexity index is 816. The third-order valence-corrected chi connectivity index (χ3v) is 5.23. The summed E-state index contributed by atoms with van der Waals surface area (Å²) in [5.41, 5.74) is 1.96. The van der Waals surface area contributed by atoms with E-state index in [0.717, 1.165) is 43.9 Å². The van der Waals surface area contributed by atoms with E-state index in [2.05, 4.69) is 22.3 Å². The Morgan fingerprint density at radius 1 is 1.07 bits per heavy atom. The van der Waals surface area contributed by atoms with Gasteiger partial charge in [-0.1, -0.05) is 12.1 Å². The van der Waals surface area contributed by atoms with Crippen LogP contribution in [0.2, 0.25) is 0 Å². The van der Waals surface area contributed by atoms with Gasteiger partial charge in [-0.3, -0.25) is 9.69 Å². The first-order valence-corrected chi connectivity index (χ1v) is 10.1. The molecule has 0 unspecified atom stereocenters. The lowest BCUT2D eigenvalue weighted by molar-refractivity contribution is -0.121. The topological polar surface area (TPSA) is 60.0 Å². The summed E-state index contributed by atoms with van der Waals surface area (Å²) in [6.07, 6.45) is 1.70. The largest absolute Gasteiger partial charge is 0.494 e. The molecule has 3 rings (SSSR count). The van der Waals surface area contributed by atoms with Crippen LogP contribution in [0.1, 0.15) is 25.3 Å². The first-order chi connectivity index (χ1) is 14.1. The van der Waals surface area contributed by atoms with Gasteiger partial charge in [-0.15, -0.1) is 0 Å². The number of amides is 1. The molecule has 0 radical (unpaired) electrons. The minimum atomic E-state index is 0.0223. The first kappa shape index (κ1) is 21.0. The normalized spacial score (nSPS) is 15.0. The molecule has 29 heavy (non-hydrogen) atoms. The summed E-state index contributed by atoms with van der Waals surface area (Å²) in [6.45, 7) is 5.35. The molecule has 2 aromatic carbocycles. The molecule has 1 amide bonds. The Balaban J connectivity index is 1.51. The molecule has 0 bridgehead atoms. The Morgan fingerprint density at radius 2 is 1.83 bits per heavy atom. The third kappa shape index (κ3) is 5.64. The maximum Gasteiger partial charge on any atom is 0.227 e. The molecule has 1 heterocycles. The van der Waals surface area contributed by atoms with Crippen LogP contribution in [0.5, 0.6) is 17.2 Å². The number of nitrogens with one attached hydrogen (secondary N) is 1. The highest BCUT2D eigenvalue weighted by Gasteiger charge is 2.25. The fourth-order valence-corrected chi connectivity index (χ4v) is 3.67. The maximum atomic E-state index is 12.7. The average molecular weight is 399 g/mol. The van der Waals surface area contributed by atoms with Crippen LogP contribution in [-0.2, 0) is 11.3 Å². The molecule has 1 saturated heterocycles. The predicted octanol–water partition coefficient (Wildman–Crippen LogP) is 3.95. The van der Waals surface area contributed by atoms with Crippen molar-refractivity contribution in [1.82, 2.24) is 4.90 Å². The number of rotatable bonds is 8. The van der Waals surface area contributed by atoms with E-state index in [1.165, 1.54) is 5.56 Å². The van der Waals surface area contributed by atoms with E-state index >= 15 is 0 Å². The number of hydrogen-bond donors (Lipinski definition) is 1. The van der Waals surface area contributed by atoms with Crippen molar-refractivity contribution in [3.8, 4) is 17.2 Å². The predicted molar refractivity (Wildman–Crippen MR) is 114 cm³/mol. The van der Waals surface area contributed by atoms with Crippen molar-refractivity contribution >= 4 is 11.6 Å². The Morgan fingerprint density at radius 3 is 2.52 bits per heavy atom. The fraction of sp³-hybridized carbons (Fsp3) is 0.435. The van der Waals surface area contributed by atoms with Gasteiger partial charge in [0, 0.05) is 24.2 Å². The summed E-state index contributed by atoms with van der Waals surface area (Å²) >= 11 is 0. The van der Waals surface area contributed by atoms with E-state index < -0.39 is 0 Å². The van der Waals surface area contributed by atoms with Gasteiger partial charge in [-0.2, -0.15) is 0 Å². The van der Waals surface area contributed by atoms with Crippen molar-refractivity contribution in [2.45, 2.75) is 26.3 Å². The van der Waals surface area contributed by atoms with Gasteiger partial charge in [0.05, 0.1) is 20.8 Å². The van der Waals surface area contributed by atoms with Gasteiger partial charge < -0.3 is 19.5 Å². The maximum absolute atomic E-state index is 12.7. The Kier molecular flexibility index (Phi) is 7.36. The SMILES string of the molecule is CCOc1cccc(CN2CCC(C(=O)Nc3ccc(OC)c(OC)c3)CC2)c1. The number of carbonyl (C=O) groups is 1. The van der Waals surface area contributed by atoms with Crippen molar-refractivity contribution in [2.75, 3.05) is 39.2 Å². The molecule has 0 aromatic heterocycles. The summed E-state index contributed by atoms with van der Waals surface area (Å²) in [6, 6.07) is 13.7. The molecule has 1 N–H and O–H groups in total. The van der Waals surface area contributed by atoms with E-state index in [0.29, 0.717) is 18.1 Å². The van der Waals surface area contributed by atoms with Gasteiger partial charge in [0.1, 0.15) is 5.75 Å². The summed E-state index contributed by atoms with van der Waals surface area (Å²) in [7, 11) is 3.18. The van der Waals surface area contributed by atoms with Crippen molar-refractivity contribution in [1.29, 1.82) is 0 Å². The fourth-order valence-electron chi connectivity index (χ4n) is 3.67. The van der Waals surface area contributed by atoms with Crippen molar-refractivity contribution < 1.29 is 19.0 Å². The zero-order chi connectivity index (χ0) is 20.6. The summed E-state index contributed by atoms with van der Waals surface area (Å²) < 4.78 is 16.1. The summed E-state index contributed by atoms with van der Waals surface area (Å²) in [5.74, 6) is 2.25. The van der Waals surface area contributed by atoms with Gasteiger partial charge in [0.2, 0.25) is 5.91 Å². The molecule has 1 aliphatic rings. The molecular formula is C23H30N2O4. The number of anilines is 1. The van der Waals surface area contributed by atoms with Gasteiger partial charge in [0.15, 0.2) is 11.5 Å². The molecule has 0 aliphatic carbocycles. The number of carbonyl (C=O) groups excluding carboxylic acids is 1. The lowest BCUT2D eigenvalue weighted by atomic mass is 9.95. The molecule has 0 saturated carbocycles. The minimum Gasteiger partial charge on any atom is -0.494 e. The average Bonchev–Trinajstić information content (AvgIpc) is 2.74. The highest BCUT2D eigenvalue weighted by atomic mass is 16.5. The summed E-state index contributed by atoms with van der Waals surface area (Å²) in [4.78, 5) is 15.1. The number of likely N-dealkylation sites (tertiary alicyclic amines) is 1. The highest BCUT2D eigenvalue weighted by molar-refractivity contribution is 5.93. The van der Waals surface area contributed by atoms with Crippen molar-refractivity contribution in [3.05, 3.63) is 48.0 Å². The monoisotopic (exact) mass is 398 g/mol. The lowest BCUT2D eigenvalue weighted by Crippen LogP contribution is -2.37. The van der Waals surface area contributed by atoms with Gasteiger partial charge in [-0.05, 0) is 62.7 Å². The van der Waals surface area contributed by atoms with Gasteiger partial charge >= 0.3 is 0 Å². The molecular weight excluding hydrogens is 368 g/mol. The van der Waals surface area contributed by atoms with Crippen LogP contribution in [0.3, 0.4) is 0 Å². The van der Waals surface area contributed by atoms with E-state index in [9.17, 15) is 4.79 Å². The zero-order valence-electron chi connectivity index (χ0n) is 17.4. The molecule has 156 valence electrons. The van der Waals surface area contributed by atoms with Crippen LogP contribution in [-0.4, -0.2) is 44.7 Å². The zero-order valence-corrected chi connectivity index (χ0v) is 17.4. The number of hydrogen-bond acceptors (Lipinski definition) is 5. The minimum absolute atomic E-state index is 0.0223. The van der Waals surface area contributed by atoms with Crippen LogP contribution in [0.4, 0.5) is 5.69 Å². The van der Waals surface area contributed by atoms with Crippen LogP contribution >= 0.6 is 0 Å². The standard InChI is InChI=1S/C23H30N2O4/c1-4-29-20-7-5-6-17(14-20)16-25-12-10-18(11-13-25)23(26)24-19-8-9-21(27-2)22(15-19)28-3/h5-9,14-15,18H,4,10-13,16H2,1-3H3,(H,24,26). The van der Waals surface area contributed by atoms with Gasteiger partial charge in [-0.25, -0.2) is 0 Å². The Hall–Kier alpha value is -2.73. The van der Waals surface area contributed by atoms with E-state index in [-0.39, 0.29) is 11.8 Å². The lowest BCUT2D eigenvalue weighted by Gasteiger charge is -2.31. The smallest absolute Gasteiger partial charge is 0.227 e. The third-order valence-electron chi connectivity index (χ3n) is 5.23. The molecule has 1 fully saturated rings. The van der Waals surface area contributed by atoms with E-state index in [4.69, 9.17) is 14.2 Å². The van der Waals surface area contributed by atoms with Crippen LogP contribution in [0.15, 0.2) is 42.5 Å². The number of methoxy groups -OCH3 is 2. The van der Waals surface area contributed by atoms with Crippen LogP contribution in [0.25, 0.3) is 0 Å². The number of piperidine rings is 1. The van der Waals surface area contributed by atoms with E-state index in [1.807, 2.05) is 25.1 Å². The van der Waals surface area contributed by atoms with Crippen molar-refractivity contribution in [3.63, 3.8) is 0 Å². The first-order valence-electron chi connectivity index (χ1n) is 10.1. The highest BCUT2D eigenvalue weighted by Crippen LogP contribution is 2.30. The van der Waals surface area contributed by atoms with E-state index in [1.54, 1.807) is 26.4 Å². The second kappa shape index (κ2) is 10.2. The van der Waals surface area contributed by atoms with Crippen LogP contribution < -0.4 is 19.5 Å². The van der Waals surface area contributed by atoms with Gasteiger partial charge in [0.25, 0.3) is 0 Å². The number of nitrogens with zero attached hydrogens (tertiary/aromatic N) is 1. The second-order valence-corrected chi connectivity index (χ2v) is 7.19. The summed E-state index contributed by atoms with van der Waals surface area (Å²) in [5, 5.41) is 3.01. The molecule has 2 aromatic rings.